The first-order valence-electron chi connectivity index (χ1n) is 11.0. The molecular formula is C26H23NO8. The summed E-state index contributed by atoms with van der Waals surface area (Å²) in [5, 5.41) is 24.5. The van der Waals surface area contributed by atoms with Crippen LogP contribution in [0, 0.1) is 6.92 Å². The Morgan fingerprint density at radius 1 is 1.11 bits per heavy atom. The van der Waals surface area contributed by atoms with Gasteiger partial charge in [0.2, 0.25) is 6.79 Å². The van der Waals surface area contributed by atoms with Crippen molar-refractivity contribution in [2.75, 3.05) is 6.79 Å². The molecule has 9 nitrogen and oxygen atoms in total. The average molecular weight is 477 g/mol. The maximum atomic E-state index is 13.8. The van der Waals surface area contributed by atoms with Gasteiger partial charge in [-0.2, -0.15) is 0 Å². The van der Waals surface area contributed by atoms with Gasteiger partial charge in [-0.1, -0.05) is 6.07 Å². The molecular weight excluding hydrogens is 454 g/mol. The average Bonchev–Trinajstić information content (AvgIpc) is 3.38. The molecule has 35 heavy (non-hydrogen) atoms. The Labute approximate surface area is 200 Å². The number of Topliss-reactive ketones (excluding diaryl/α,β-unsaturated/α-hetero) is 2. The van der Waals surface area contributed by atoms with Crippen LogP contribution < -0.4 is 19.5 Å². The van der Waals surface area contributed by atoms with E-state index in [1.165, 1.54) is 26.8 Å². The van der Waals surface area contributed by atoms with Gasteiger partial charge in [0.05, 0.1) is 11.1 Å². The lowest BCUT2D eigenvalue weighted by atomic mass is 9.70. The number of hydrogen-bond acceptors (Lipinski definition) is 9. The lowest BCUT2D eigenvalue weighted by Gasteiger charge is -2.29. The highest BCUT2D eigenvalue weighted by Crippen LogP contribution is 2.57. The Balaban J connectivity index is 1.55. The molecule has 2 aromatic carbocycles. The van der Waals surface area contributed by atoms with E-state index in [9.17, 15) is 24.6 Å². The molecule has 9 heteroatoms. The fraction of sp³-hybridized carbons (Fsp3) is 0.269. The van der Waals surface area contributed by atoms with Gasteiger partial charge in [-0.15, -0.1) is 0 Å². The number of ether oxygens (including phenoxy) is 3. The fourth-order valence-corrected chi connectivity index (χ4v) is 4.74. The third-order valence-electron chi connectivity index (χ3n) is 6.75. The van der Waals surface area contributed by atoms with Crippen LogP contribution in [0.25, 0.3) is 0 Å². The van der Waals surface area contributed by atoms with Crippen molar-refractivity contribution in [2.45, 2.75) is 39.7 Å². The van der Waals surface area contributed by atoms with E-state index in [4.69, 9.17) is 14.2 Å². The first-order chi connectivity index (χ1) is 16.6. The molecule has 1 aliphatic carbocycles. The van der Waals surface area contributed by atoms with E-state index < -0.39 is 28.5 Å². The van der Waals surface area contributed by atoms with E-state index in [1.54, 1.807) is 13.0 Å². The van der Waals surface area contributed by atoms with E-state index in [2.05, 4.69) is 5.32 Å². The van der Waals surface area contributed by atoms with Gasteiger partial charge >= 0.3 is 0 Å². The third kappa shape index (κ3) is 3.11. The highest BCUT2D eigenvalue weighted by Gasteiger charge is 2.56. The van der Waals surface area contributed by atoms with Gasteiger partial charge < -0.3 is 29.7 Å². The van der Waals surface area contributed by atoms with Crippen molar-refractivity contribution >= 4 is 17.3 Å². The van der Waals surface area contributed by atoms with Crippen LogP contribution in [-0.2, 0) is 21.5 Å². The molecule has 0 bridgehead atoms. The Morgan fingerprint density at radius 2 is 1.83 bits per heavy atom. The molecule has 2 aliphatic heterocycles. The van der Waals surface area contributed by atoms with Crippen molar-refractivity contribution in [2.24, 2.45) is 0 Å². The quantitative estimate of drug-likeness (QED) is 0.345. The molecule has 0 amide bonds. The molecule has 0 aromatic heterocycles. The summed E-state index contributed by atoms with van der Waals surface area (Å²) in [6.07, 6.45) is 1.19. The van der Waals surface area contributed by atoms with Crippen LogP contribution in [0.5, 0.6) is 28.7 Å². The number of benzene rings is 2. The smallest absolute Gasteiger partial charge is 0.231 e. The summed E-state index contributed by atoms with van der Waals surface area (Å²) in [6.45, 7) is 6.32. The maximum Gasteiger partial charge on any atom is 0.231 e. The predicted octanol–water partition coefficient (Wildman–Crippen LogP) is 3.09. The normalized spacial score (nSPS) is 21.2. The lowest BCUT2D eigenvalue weighted by molar-refractivity contribution is -0.123. The molecule has 1 unspecified atom stereocenters. The highest BCUT2D eigenvalue weighted by atomic mass is 16.7. The molecule has 1 atom stereocenters. The zero-order valence-corrected chi connectivity index (χ0v) is 19.6. The van der Waals surface area contributed by atoms with Crippen molar-refractivity contribution in [1.29, 1.82) is 0 Å². The van der Waals surface area contributed by atoms with Crippen LogP contribution in [0.3, 0.4) is 0 Å². The number of ketones is 3. The molecule has 3 aliphatic rings. The number of hydrogen-bond donors (Lipinski definition) is 3. The minimum absolute atomic E-state index is 0.00220. The topological polar surface area (TPSA) is 131 Å². The monoisotopic (exact) mass is 477 g/mol. The minimum atomic E-state index is -1.55. The largest absolute Gasteiger partial charge is 0.507 e. The molecule has 3 N–H and O–H groups in total. The molecule has 2 aromatic rings. The first-order valence-corrected chi connectivity index (χ1v) is 11.0. The van der Waals surface area contributed by atoms with Gasteiger partial charge in [-0.05, 0) is 45.4 Å². The predicted molar refractivity (Wildman–Crippen MR) is 123 cm³/mol. The summed E-state index contributed by atoms with van der Waals surface area (Å²) in [5.74, 6) is -1.26. The zero-order valence-electron chi connectivity index (χ0n) is 19.6. The molecule has 5 rings (SSSR count). The SMILES string of the molecule is CC(=O)c1c(O)c(C)c(O)c2c1OC1=CC(=O)C(=C(C)NCc3ccc4c(c3)OCO4)C(=O)C12C. The number of phenols is 2. The van der Waals surface area contributed by atoms with Crippen LogP contribution in [-0.4, -0.2) is 34.4 Å². The van der Waals surface area contributed by atoms with E-state index in [1.807, 2.05) is 12.1 Å². The first kappa shape index (κ1) is 22.5. The minimum Gasteiger partial charge on any atom is -0.507 e. The number of carbonyl (C=O) groups is 3. The summed E-state index contributed by atoms with van der Waals surface area (Å²) in [6, 6.07) is 5.45. The van der Waals surface area contributed by atoms with Crippen molar-refractivity contribution in [1.82, 2.24) is 5.32 Å². The highest BCUT2D eigenvalue weighted by molar-refractivity contribution is 6.31. The molecule has 180 valence electrons. The van der Waals surface area contributed by atoms with Gasteiger partial charge in [-0.3, -0.25) is 14.4 Å². The van der Waals surface area contributed by atoms with Gasteiger partial charge in [-0.25, -0.2) is 0 Å². The Hall–Kier alpha value is -4.27. The van der Waals surface area contributed by atoms with Crippen LogP contribution in [0.15, 0.2) is 41.3 Å². The molecule has 0 saturated heterocycles. The second kappa shape index (κ2) is 7.63. The third-order valence-corrected chi connectivity index (χ3v) is 6.75. The number of fused-ring (bicyclic) bond motifs is 4. The number of aromatic hydroxyl groups is 2. The second-order valence-electron chi connectivity index (χ2n) is 8.93. The van der Waals surface area contributed by atoms with Crippen LogP contribution in [0.1, 0.15) is 47.8 Å². The molecule has 0 saturated carbocycles. The van der Waals surface area contributed by atoms with E-state index >= 15 is 0 Å². The fourth-order valence-electron chi connectivity index (χ4n) is 4.74. The summed E-state index contributed by atoms with van der Waals surface area (Å²) in [4.78, 5) is 39.1. The summed E-state index contributed by atoms with van der Waals surface area (Å²) < 4.78 is 16.5. The van der Waals surface area contributed by atoms with Crippen LogP contribution in [0.4, 0.5) is 0 Å². The number of carbonyl (C=O) groups excluding carboxylic acids is 3. The Bertz CT molecular complexity index is 1420. The maximum absolute atomic E-state index is 13.8. The molecule has 2 heterocycles. The van der Waals surface area contributed by atoms with Gasteiger partial charge in [0.25, 0.3) is 0 Å². The van der Waals surface area contributed by atoms with Gasteiger partial charge in [0.15, 0.2) is 28.8 Å². The second-order valence-corrected chi connectivity index (χ2v) is 8.93. The number of allylic oxidation sites excluding steroid dienone is 4. The number of phenolic OH excluding ortho intramolecular Hbond substituents is 2. The van der Waals surface area contributed by atoms with Crippen molar-refractivity contribution in [3.63, 3.8) is 0 Å². The summed E-state index contributed by atoms with van der Waals surface area (Å²) in [5.41, 5.74) is -0.456. The van der Waals surface area contributed by atoms with Gasteiger partial charge in [0, 0.05) is 23.9 Å². The standard InChI is InChI=1S/C26H23NO8/c1-11-22(30)20(13(3)28)24-21(23(11)31)26(4)18(35-24)8-15(29)19(25(26)32)12(2)27-9-14-5-6-16-17(7-14)34-10-33-16/h5-8,27,30-31H,9-10H2,1-4H3. The van der Waals surface area contributed by atoms with Crippen LogP contribution >= 0.6 is 0 Å². The van der Waals surface area contributed by atoms with Crippen LogP contribution in [0.2, 0.25) is 0 Å². The summed E-state index contributed by atoms with van der Waals surface area (Å²) >= 11 is 0. The van der Waals surface area contributed by atoms with Crippen molar-refractivity contribution in [3.8, 4) is 28.7 Å². The Kier molecular flexibility index (Phi) is 4.91. The van der Waals surface area contributed by atoms with Gasteiger partial charge in [0.1, 0.15) is 34.0 Å². The van der Waals surface area contributed by atoms with E-state index in [0.717, 1.165) is 5.56 Å². The Morgan fingerprint density at radius 3 is 2.54 bits per heavy atom. The molecule has 0 fully saturated rings. The molecule has 0 spiro atoms. The van der Waals surface area contributed by atoms with Crippen molar-refractivity contribution in [3.05, 3.63) is 63.6 Å². The lowest BCUT2D eigenvalue weighted by Crippen LogP contribution is -2.41. The molecule has 0 radical (unpaired) electrons. The van der Waals surface area contributed by atoms with E-state index in [0.29, 0.717) is 23.7 Å². The number of rotatable bonds is 4. The van der Waals surface area contributed by atoms with E-state index in [-0.39, 0.29) is 46.3 Å². The zero-order chi connectivity index (χ0) is 25.2. The summed E-state index contributed by atoms with van der Waals surface area (Å²) in [7, 11) is 0. The number of nitrogens with one attached hydrogen (secondary N) is 1. The van der Waals surface area contributed by atoms with Crippen molar-refractivity contribution < 1.29 is 38.8 Å².